The SMILES string of the molecule is Cc1ccc(NC(=O)Cc2nc(COC(=O)c3cccc4c3C(=O)c3ccccc3C4=O)cs2)cc1. The Bertz CT molecular complexity index is 1520. The Morgan fingerprint density at radius 1 is 0.889 bits per heavy atom. The molecule has 0 radical (unpaired) electrons. The number of benzene rings is 3. The zero-order valence-electron chi connectivity index (χ0n) is 19.2. The first-order valence-electron chi connectivity index (χ1n) is 11.2. The lowest BCUT2D eigenvalue weighted by Gasteiger charge is -2.19. The van der Waals surface area contributed by atoms with Crippen molar-refractivity contribution in [3.63, 3.8) is 0 Å². The molecule has 8 heteroatoms. The molecule has 0 aliphatic heterocycles. The molecule has 4 aromatic rings. The number of thiazole rings is 1. The van der Waals surface area contributed by atoms with E-state index in [1.165, 1.54) is 23.5 Å². The van der Waals surface area contributed by atoms with E-state index in [1.807, 2.05) is 31.2 Å². The second kappa shape index (κ2) is 9.67. The zero-order chi connectivity index (χ0) is 25.2. The number of nitrogens with one attached hydrogen (secondary N) is 1. The number of hydrogen-bond acceptors (Lipinski definition) is 7. The van der Waals surface area contributed by atoms with Crippen LogP contribution in [0.5, 0.6) is 0 Å². The van der Waals surface area contributed by atoms with Crippen LogP contribution >= 0.6 is 11.3 Å². The summed E-state index contributed by atoms with van der Waals surface area (Å²) in [5, 5.41) is 5.12. The van der Waals surface area contributed by atoms with Crippen LogP contribution in [0.4, 0.5) is 5.69 Å². The van der Waals surface area contributed by atoms with Gasteiger partial charge in [0.25, 0.3) is 0 Å². The first-order valence-corrected chi connectivity index (χ1v) is 12.1. The predicted molar refractivity (Wildman–Crippen MR) is 134 cm³/mol. The van der Waals surface area contributed by atoms with E-state index in [0.717, 1.165) is 5.56 Å². The number of hydrogen-bond donors (Lipinski definition) is 1. The van der Waals surface area contributed by atoms with Crippen molar-refractivity contribution in [3.05, 3.63) is 116 Å². The molecular formula is C28H20N2O5S. The maximum absolute atomic E-state index is 13.1. The molecule has 36 heavy (non-hydrogen) atoms. The summed E-state index contributed by atoms with van der Waals surface area (Å²) in [5.41, 5.74) is 3.16. The van der Waals surface area contributed by atoms with Crippen LogP contribution in [0.2, 0.25) is 0 Å². The molecule has 0 fully saturated rings. The van der Waals surface area contributed by atoms with Crippen LogP contribution in [0.15, 0.2) is 72.1 Å². The van der Waals surface area contributed by atoms with Gasteiger partial charge in [-0.3, -0.25) is 14.4 Å². The number of ether oxygens (including phenoxy) is 1. The molecular weight excluding hydrogens is 476 g/mol. The van der Waals surface area contributed by atoms with Crippen molar-refractivity contribution in [2.75, 3.05) is 5.32 Å². The van der Waals surface area contributed by atoms with Crippen molar-refractivity contribution >= 4 is 40.5 Å². The van der Waals surface area contributed by atoms with Gasteiger partial charge in [-0.25, -0.2) is 9.78 Å². The molecule has 0 unspecified atom stereocenters. The summed E-state index contributed by atoms with van der Waals surface area (Å²) in [6.07, 6.45) is 0.0920. The maximum Gasteiger partial charge on any atom is 0.339 e. The summed E-state index contributed by atoms with van der Waals surface area (Å²) in [4.78, 5) is 55.6. The van der Waals surface area contributed by atoms with Crippen LogP contribution in [0.1, 0.15) is 58.5 Å². The highest BCUT2D eigenvalue weighted by molar-refractivity contribution is 7.09. The topological polar surface area (TPSA) is 102 Å². The minimum absolute atomic E-state index is 0.0354. The van der Waals surface area contributed by atoms with Crippen LogP contribution in [0.25, 0.3) is 0 Å². The highest BCUT2D eigenvalue weighted by Gasteiger charge is 2.33. The largest absolute Gasteiger partial charge is 0.456 e. The minimum atomic E-state index is -0.723. The van der Waals surface area contributed by atoms with Crippen molar-refractivity contribution in [3.8, 4) is 0 Å². The number of ketones is 2. The average Bonchev–Trinajstić information content (AvgIpc) is 3.33. The first-order chi connectivity index (χ1) is 17.4. The third kappa shape index (κ3) is 4.58. The van der Waals surface area contributed by atoms with Gasteiger partial charge in [0.2, 0.25) is 5.91 Å². The fraction of sp³-hybridized carbons (Fsp3) is 0.107. The summed E-state index contributed by atoms with van der Waals surface area (Å²) in [7, 11) is 0. The van der Waals surface area contributed by atoms with E-state index in [9.17, 15) is 19.2 Å². The summed E-state index contributed by atoms with van der Waals surface area (Å²) < 4.78 is 5.42. The second-order valence-electron chi connectivity index (χ2n) is 8.33. The lowest BCUT2D eigenvalue weighted by molar-refractivity contribution is -0.115. The van der Waals surface area contributed by atoms with Crippen LogP contribution in [0, 0.1) is 6.92 Å². The van der Waals surface area contributed by atoms with Gasteiger partial charge in [-0.1, -0.05) is 54.1 Å². The Hall–Kier alpha value is -4.43. The normalized spacial score (nSPS) is 12.0. The van der Waals surface area contributed by atoms with E-state index >= 15 is 0 Å². The van der Waals surface area contributed by atoms with Gasteiger partial charge in [0.15, 0.2) is 11.6 Å². The molecule has 1 heterocycles. The molecule has 0 saturated heterocycles. The van der Waals surface area contributed by atoms with Gasteiger partial charge < -0.3 is 10.1 Å². The molecule has 5 rings (SSSR count). The zero-order valence-corrected chi connectivity index (χ0v) is 20.1. The van der Waals surface area contributed by atoms with Gasteiger partial charge >= 0.3 is 5.97 Å². The highest BCUT2D eigenvalue weighted by atomic mass is 32.1. The second-order valence-corrected chi connectivity index (χ2v) is 9.27. The van der Waals surface area contributed by atoms with E-state index in [0.29, 0.717) is 22.0 Å². The van der Waals surface area contributed by atoms with Crippen molar-refractivity contribution in [1.29, 1.82) is 0 Å². The lowest BCUT2D eigenvalue weighted by atomic mass is 9.82. The number of esters is 1. The van der Waals surface area contributed by atoms with E-state index in [-0.39, 0.29) is 52.8 Å². The van der Waals surface area contributed by atoms with Gasteiger partial charge in [0, 0.05) is 33.3 Å². The fourth-order valence-corrected chi connectivity index (χ4v) is 4.79. The number of aryl methyl sites for hydroxylation is 1. The van der Waals surface area contributed by atoms with Crippen molar-refractivity contribution in [1.82, 2.24) is 4.98 Å². The fourth-order valence-electron chi connectivity index (χ4n) is 4.01. The smallest absolute Gasteiger partial charge is 0.339 e. The van der Waals surface area contributed by atoms with Crippen LogP contribution < -0.4 is 5.32 Å². The minimum Gasteiger partial charge on any atom is -0.456 e. The number of anilines is 1. The van der Waals surface area contributed by atoms with Crippen molar-refractivity contribution < 1.29 is 23.9 Å². The lowest BCUT2D eigenvalue weighted by Crippen LogP contribution is -2.24. The third-order valence-corrected chi connectivity index (χ3v) is 6.67. The molecule has 0 atom stereocenters. The third-order valence-electron chi connectivity index (χ3n) is 5.77. The van der Waals surface area contributed by atoms with Gasteiger partial charge in [0.05, 0.1) is 17.7 Å². The number of carbonyl (C=O) groups excluding carboxylic acids is 4. The Balaban J connectivity index is 1.25. The molecule has 1 N–H and O–H groups in total. The number of aromatic nitrogens is 1. The van der Waals surface area contributed by atoms with Gasteiger partial charge in [-0.05, 0) is 25.1 Å². The molecule has 7 nitrogen and oxygen atoms in total. The van der Waals surface area contributed by atoms with Crippen LogP contribution in [0.3, 0.4) is 0 Å². The Morgan fingerprint density at radius 2 is 1.58 bits per heavy atom. The maximum atomic E-state index is 13.1. The van der Waals surface area contributed by atoms with Crippen LogP contribution in [-0.2, 0) is 22.6 Å². The standard InChI is InChI=1S/C28H20N2O5S/c1-16-9-11-17(12-10-16)29-23(31)13-24-30-18(15-36-24)14-35-28(34)22-8-4-7-21-25(22)27(33)20-6-3-2-5-19(20)26(21)32/h2-12,15H,13-14H2,1H3,(H,29,31). The molecule has 1 aliphatic carbocycles. The molecule has 0 spiro atoms. The highest BCUT2D eigenvalue weighted by Crippen LogP contribution is 2.30. The number of rotatable bonds is 6. The van der Waals surface area contributed by atoms with E-state index in [4.69, 9.17) is 4.74 Å². The summed E-state index contributed by atoms with van der Waals surface area (Å²) in [5.74, 6) is -1.61. The quantitative estimate of drug-likeness (QED) is 0.340. The van der Waals surface area contributed by atoms with Gasteiger partial charge in [-0.15, -0.1) is 11.3 Å². The van der Waals surface area contributed by atoms with E-state index in [2.05, 4.69) is 10.3 Å². The number of nitrogens with zero attached hydrogens (tertiary/aromatic N) is 1. The Kier molecular flexibility index (Phi) is 6.26. The molecule has 0 saturated carbocycles. The molecule has 3 aromatic carbocycles. The summed E-state index contributed by atoms with van der Waals surface area (Å²) in [6, 6.07) is 18.6. The van der Waals surface area contributed by atoms with Crippen LogP contribution in [-0.4, -0.2) is 28.4 Å². The molecule has 1 aliphatic rings. The summed E-state index contributed by atoms with van der Waals surface area (Å²) in [6.45, 7) is 1.84. The number of carbonyl (C=O) groups is 4. The predicted octanol–water partition coefficient (Wildman–Crippen LogP) is 4.77. The number of amides is 1. The Morgan fingerprint density at radius 3 is 2.33 bits per heavy atom. The van der Waals surface area contributed by atoms with E-state index in [1.54, 1.807) is 35.7 Å². The molecule has 0 bridgehead atoms. The average molecular weight is 497 g/mol. The molecule has 1 amide bonds. The van der Waals surface area contributed by atoms with Crippen molar-refractivity contribution in [2.24, 2.45) is 0 Å². The molecule has 178 valence electrons. The number of fused-ring (bicyclic) bond motifs is 2. The molecule has 1 aromatic heterocycles. The van der Waals surface area contributed by atoms with E-state index < -0.39 is 5.97 Å². The first kappa shape index (κ1) is 23.3. The van der Waals surface area contributed by atoms with Gasteiger partial charge in [0.1, 0.15) is 11.6 Å². The van der Waals surface area contributed by atoms with Crippen molar-refractivity contribution in [2.45, 2.75) is 20.0 Å². The monoisotopic (exact) mass is 496 g/mol. The summed E-state index contributed by atoms with van der Waals surface area (Å²) >= 11 is 1.29. The van der Waals surface area contributed by atoms with Gasteiger partial charge in [-0.2, -0.15) is 0 Å². The Labute approximate surface area is 210 Å².